The van der Waals surface area contributed by atoms with Crippen molar-refractivity contribution in [1.29, 1.82) is 0 Å². The third-order valence-electron chi connectivity index (χ3n) is 20.2. The molecule has 9 N–H and O–H groups in total. The number of hydrogen-bond acceptors (Lipinski definition) is 13. The number of nitrogens with one attached hydrogen (secondary N) is 1. The molecule has 2 aliphatic heterocycles. The number of amides is 1. The third kappa shape index (κ3) is 54.1. The number of carbonyl (C=O) groups excluding carboxylic acids is 1. The number of carbonyl (C=O) groups is 1. The molecule has 0 aliphatic carbocycles. The number of hydrogen-bond donors (Lipinski definition) is 9. The number of ether oxygens (including phenoxy) is 4. The van der Waals surface area contributed by atoms with Crippen LogP contribution in [-0.4, -0.2) is 140 Å². The van der Waals surface area contributed by atoms with E-state index in [1.807, 2.05) is 6.08 Å². The highest BCUT2D eigenvalue weighted by atomic mass is 16.7. The lowest BCUT2D eigenvalue weighted by atomic mass is 9.97. The van der Waals surface area contributed by atoms with Crippen molar-refractivity contribution in [3.63, 3.8) is 0 Å². The van der Waals surface area contributed by atoms with Crippen molar-refractivity contribution >= 4 is 5.91 Å². The molecule has 2 saturated heterocycles. The van der Waals surface area contributed by atoms with Gasteiger partial charge in [-0.3, -0.25) is 4.79 Å². The minimum Gasteiger partial charge on any atom is -0.394 e. The van der Waals surface area contributed by atoms with Crippen LogP contribution in [0.5, 0.6) is 0 Å². The van der Waals surface area contributed by atoms with Crippen LogP contribution in [0, 0.1) is 0 Å². The van der Waals surface area contributed by atoms with Gasteiger partial charge in [-0.15, -0.1) is 0 Å². The van der Waals surface area contributed by atoms with Crippen LogP contribution in [0.15, 0.2) is 122 Å². The lowest BCUT2D eigenvalue weighted by molar-refractivity contribution is -0.359. The Labute approximate surface area is 635 Å². The molecule has 0 saturated carbocycles. The Bertz CT molecular complexity index is 2220. The van der Waals surface area contributed by atoms with Crippen molar-refractivity contribution in [2.24, 2.45) is 0 Å². The van der Waals surface area contributed by atoms with E-state index in [1.54, 1.807) is 6.08 Å². The van der Waals surface area contributed by atoms with E-state index in [0.29, 0.717) is 6.42 Å². The van der Waals surface area contributed by atoms with Gasteiger partial charge >= 0.3 is 0 Å². The normalized spacial score (nSPS) is 22.1. The Morgan fingerprint density at radius 1 is 0.356 bits per heavy atom. The van der Waals surface area contributed by atoms with E-state index in [0.717, 1.165) is 103 Å². The standard InChI is InChI=1S/C90H157NO13/c1-3-5-7-9-11-13-15-17-19-21-23-25-27-29-31-33-34-35-36-37-38-39-40-41-42-43-44-46-48-50-52-54-56-58-60-62-64-66-68-70-72-74-82(95)91-78(77-101-89-87(100)85(98)88(81(76-93)103-89)104-90-86(99)84(97)83(96)80(75-92)102-90)79(94)73-71-69-67-65-63-61-59-57-55-53-51-49-47-45-32-30-28-26-24-22-20-18-16-14-12-10-8-6-4-2/h5,7,11,13,17,19,23,25,29,31,34-35,37-38,40-41,43-44,71,73,78-81,83-90,92-94,96-100H,3-4,6,8-10,12,14-16,18,20-22,24,26-28,30,32-33,36,39,42,45-70,72,74-77H2,1-2H3,(H,91,95)/b7-5-,13-11-,19-17-,25-23-,31-29-,35-34-,38-37-,41-40-,44-43-,73-71+. The molecular formula is C90H157NO13. The van der Waals surface area contributed by atoms with Gasteiger partial charge in [0.05, 0.1) is 32.0 Å². The number of aliphatic hydroxyl groups is 8. The molecular weight excluding hydrogens is 1300 g/mol. The highest BCUT2D eigenvalue weighted by molar-refractivity contribution is 5.76. The van der Waals surface area contributed by atoms with Gasteiger partial charge in [-0.25, -0.2) is 0 Å². The molecule has 12 atom stereocenters. The SMILES string of the molecule is CC/C=C\C/C=C\C/C=C\C/C=C\C/C=C\C/C=C\C/C=C\C/C=C\C/C=C\CCCCCCCCCCCCCCCC(=O)NC(COC1OC(CO)C(OC2OC(CO)C(O)C(O)C2O)C(O)C1O)C(O)/C=C/CCCCCCCCCCCCCCCCCCCCCCCCCCCCC. The summed E-state index contributed by atoms with van der Waals surface area (Å²) >= 11 is 0. The van der Waals surface area contributed by atoms with Crippen LogP contribution in [0.25, 0.3) is 0 Å². The topological polar surface area (TPSA) is 228 Å². The van der Waals surface area contributed by atoms with Gasteiger partial charge in [0, 0.05) is 6.42 Å². The van der Waals surface area contributed by atoms with Gasteiger partial charge in [-0.1, -0.05) is 373 Å². The predicted molar refractivity (Wildman–Crippen MR) is 433 cm³/mol. The van der Waals surface area contributed by atoms with Gasteiger partial charge in [-0.05, 0) is 89.9 Å². The second kappa shape index (κ2) is 72.3. The number of unbranched alkanes of at least 4 members (excludes halogenated alkanes) is 40. The molecule has 14 heteroatoms. The highest BCUT2D eigenvalue weighted by Gasteiger charge is 2.51. The molecule has 1 amide bonds. The molecule has 0 aromatic carbocycles. The van der Waals surface area contributed by atoms with Crippen LogP contribution in [0.2, 0.25) is 0 Å². The number of allylic oxidation sites excluding steroid dienone is 19. The first kappa shape index (κ1) is 96.5. The van der Waals surface area contributed by atoms with E-state index in [4.69, 9.17) is 18.9 Å². The molecule has 2 fully saturated rings. The predicted octanol–water partition coefficient (Wildman–Crippen LogP) is 20.4. The van der Waals surface area contributed by atoms with Crippen molar-refractivity contribution in [2.75, 3.05) is 19.8 Å². The first-order chi connectivity index (χ1) is 51.1. The van der Waals surface area contributed by atoms with Crippen molar-refractivity contribution in [3.05, 3.63) is 122 Å². The van der Waals surface area contributed by atoms with E-state index in [2.05, 4.69) is 129 Å². The molecule has 104 heavy (non-hydrogen) atoms. The minimum atomic E-state index is -1.79. The Balaban J connectivity index is 1.60. The summed E-state index contributed by atoms with van der Waals surface area (Å²) in [5.74, 6) is -0.240. The lowest BCUT2D eigenvalue weighted by Gasteiger charge is -2.46. The van der Waals surface area contributed by atoms with Crippen LogP contribution in [0.4, 0.5) is 0 Å². The maximum Gasteiger partial charge on any atom is 0.220 e. The van der Waals surface area contributed by atoms with Crippen molar-refractivity contribution in [3.8, 4) is 0 Å². The van der Waals surface area contributed by atoms with Crippen LogP contribution >= 0.6 is 0 Å². The van der Waals surface area contributed by atoms with Crippen LogP contribution in [0.1, 0.15) is 348 Å². The minimum absolute atomic E-state index is 0.240. The molecule has 0 bridgehead atoms. The van der Waals surface area contributed by atoms with Crippen LogP contribution < -0.4 is 5.32 Å². The summed E-state index contributed by atoms with van der Waals surface area (Å²) in [5, 5.41) is 87.8. The molecule has 600 valence electrons. The van der Waals surface area contributed by atoms with Crippen molar-refractivity contribution < 1.29 is 64.6 Å². The molecule has 0 aromatic rings. The van der Waals surface area contributed by atoms with Gasteiger partial charge in [0.2, 0.25) is 5.91 Å². The Morgan fingerprint density at radius 2 is 0.663 bits per heavy atom. The summed E-state index contributed by atoms with van der Waals surface area (Å²) in [7, 11) is 0. The fourth-order valence-corrected chi connectivity index (χ4v) is 13.5. The Hall–Kier alpha value is -3.61. The molecule has 0 spiro atoms. The van der Waals surface area contributed by atoms with E-state index in [9.17, 15) is 45.6 Å². The average Bonchev–Trinajstić information content (AvgIpc) is 0.789. The molecule has 0 radical (unpaired) electrons. The molecule has 2 heterocycles. The summed E-state index contributed by atoms with van der Waals surface area (Å²) in [5.41, 5.74) is 0. The Kier molecular flexibility index (Phi) is 67.0. The lowest BCUT2D eigenvalue weighted by Crippen LogP contribution is -2.65. The molecule has 0 aromatic heterocycles. The zero-order chi connectivity index (χ0) is 75.1. The van der Waals surface area contributed by atoms with Gasteiger partial charge < -0.3 is 65.1 Å². The summed E-state index contributed by atoms with van der Waals surface area (Å²) in [4.78, 5) is 13.4. The van der Waals surface area contributed by atoms with Crippen molar-refractivity contribution in [2.45, 2.75) is 421 Å². The fourth-order valence-electron chi connectivity index (χ4n) is 13.5. The zero-order valence-electron chi connectivity index (χ0n) is 66.0. The summed E-state index contributed by atoms with van der Waals surface area (Å²) in [6.07, 6.45) is 89.9. The van der Waals surface area contributed by atoms with E-state index >= 15 is 0 Å². The molecule has 2 rings (SSSR count). The van der Waals surface area contributed by atoms with Crippen molar-refractivity contribution in [1.82, 2.24) is 5.32 Å². The third-order valence-corrected chi connectivity index (χ3v) is 20.2. The number of rotatable bonds is 71. The summed E-state index contributed by atoms with van der Waals surface area (Å²) in [6.45, 7) is 2.73. The maximum absolute atomic E-state index is 13.4. The fraction of sp³-hybridized carbons (Fsp3) is 0.767. The summed E-state index contributed by atoms with van der Waals surface area (Å²) < 4.78 is 22.9. The number of aliphatic hydroxyl groups excluding tert-OH is 8. The quantitative estimate of drug-likeness (QED) is 0.0204. The second-order valence-electron chi connectivity index (χ2n) is 29.6. The van der Waals surface area contributed by atoms with E-state index in [-0.39, 0.29) is 18.9 Å². The molecule has 14 nitrogen and oxygen atoms in total. The molecule has 2 aliphatic rings. The smallest absolute Gasteiger partial charge is 0.220 e. The molecule has 12 unspecified atom stereocenters. The average molecular weight is 1460 g/mol. The van der Waals surface area contributed by atoms with Gasteiger partial charge in [0.15, 0.2) is 12.6 Å². The van der Waals surface area contributed by atoms with Gasteiger partial charge in [-0.2, -0.15) is 0 Å². The summed E-state index contributed by atoms with van der Waals surface area (Å²) in [6, 6.07) is -0.924. The monoisotopic (exact) mass is 1460 g/mol. The van der Waals surface area contributed by atoms with E-state index < -0.39 is 86.8 Å². The largest absolute Gasteiger partial charge is 0.394 e. The first-order valence-electron chi connectivity index (χ1n) is 42.8. The van der Waals surface area contributed by atoms with Crippen LogP contribution in [-0.2, 0) is 23.7 Å². The van der Waals surface area contributed by atoms with E-state index in [1.165, 1.54) is 218 Å². The zero-order valence-corrected chi connectivity index (χ0v) is 66.0. The highest BCUT2D eigenvalue weighted by Crippen LogP contribution is 2.30. The second-order valence-corrected chi connectivity index (χ2v) is 29.6. The van der Waals surface area contributed by atoms with Gasteiger partial charge in [0.25, 0.3) is 0 Å². The van der Waals surface area contributed by atoms with Gasteiger partial charge in [0.1, 0.15) is 48.8 Å². The Morgan fingerprint density at radius 3 is 1.02 bits per heavy atom. The maximum atomic E-state index is 13.4. The van der Waals surface area contributed by atoms with Crippen LogP contribution in [0.3, 0.4) is 0 Å². The first-order valence-corrected chi connectivity index (χ1v) is 42.8.